The molecule has 0 saturated carbocycles. The Kier molecular flexibility index (Phi) is 12.7. The molecule has 8 heteroatoms. The van der Waals surface area contributed by atoms with Crippen molar-refractivity contribution in [1.82, 2.24) is 15.5 Å². The van der Waals surface area contributed by atoms with Gasteiger partial charge in [0.25, 0.3) is 0 Å². The van der Waals surface area contributed by atoms with Crippen molar-refractivity contribution in [2.24, 2.45) is 0 Å². The Hall–Kier alpha value is -0.560. The van der Waals surface area contributed by atoms with Crippen LogP contribution in [0.4, 0.5) is 0 Å². The van der Waals surface area contributed by atoms with Crippen LogP contribution in [0.15, 0.2) is 0 Å². The maximum absolute atomic E-state index is 11.7. The number of carbonyl (C=O) groups is 2. The summed E-state index contributed by atoms with van der Waals surface area (Å²) in [6.45, 7) is 4.63. The first-order valence-corrected chi connectivity index (χ1v) is 5.61. The van der Waals surface area contributed by atoms with Gasteiger partial charge in [0.05, 0.1) is 6.42 Å². The average Bonchev–Trinajstić information content (AvgIpc) is 2.38. The maximum atomic E-state index is 11.7. The molecule has 6 nitrogen and oxygen atoms in total. The predicted molar refractivity (Wildman–Crippen MR) is 73.7 cm³/mol. The Labute approximate surface area is 119 Å². The van der Waals surface area contributed by atoms with Crippen LogP contribution in [0.25, 0.3) is 0 Å². The summed E-state index contributed by atoms with van der Waals surface area (Å²) in [4.78, 5) is 23.8. The number of carbonyl (C=O) groups excluding carboxylic acids is 1. The van der Waals surface area contributed by atoms with Crippen LogP contribution in [0, 0.1) is 0 Å². The quantitative estimate of drug-likeness (QED) is 0.668. The Bertz CT molecular complexity index is 245. The van der Waals surface area contributed by atoms with Crippen LogP contribution in [0.1, 0.15) is 12.8 Å². The summed E-state index contributed by atoms with van der Waals surface area (Å²) in [6.07, 6.45) is 0.00548. The minimum absolute atomic E-state index is 0. The van der Waals surface area contributed by atoms with E-state index in [1.807, 2.05) is 0 Å². The molecule has 0 bridgehead atoms. The van der Waals surface area contributed by atoms with Gasteiger partial charge in [0.15, 0.2) is 0 Å². The second-order valence-corrected chi connectivity index (χ2v) is 3.77. The Morgan fingerprint density at radius 2 is 1.44 bits per heavy atom. The number of halogens is 2. The summed E-state index contributed by atoms with van der Waals surface area (Å²) < 4.78 is 0. The number of amides is 1. The van der Waals surface area contributed by atoms with E-state index in [0.29, 0.717) is 13.1 Å². The molecule has 0 atom stereocenters. The van der Waals surface area contributed by atoms with Gasteiger partial charge in [0, 0.05) is 45.7 Å². The molecule has 1 fully saturated rings. The standard InChI is InChI=1S/C10H19N3O3.2ClH/c14-9(1-2-10(15)16)13-7-5-11-3-4-12-6-8-13;;/h11-12H,1-8H2,(H,15,16);2*1H. The van der Waals surface area contributed by atoms with Crippen molar-refractivity contribution in [3.05, 3.63) is 0 Å². The van der Waals surface area contributed by atoms with E-state index in [2.05, 4.69) is 10.6 Å². The van der Waals surface area contributed by atoms with Gasteiger partial charge in [-0.05, 0) is 0 Å². The Morgan fingerprint density at radius 3 is 1.89 bits per heavy atom. The SMILES string of the molecule is Cl.Cl.O=C(O)CCC(=O)N1CCNCCNCC1. The zero-order chi connectivity index (χ0) is 11.8. The molecule has 1 amide bonds. The molecule has 0 aromatic rings. The molecule has 0 radical (unpaired) electrons. The minimum Gasteiger partial charge on any atom is -0.481 e. The molecule has 0 unspecified atom stereocenters. The number of hydrogen-bond acceptors (Lipinski definition) is 4. The monoisotopic (exact) mass is 301 g/mol. The largest absolute Gasteiger partial charge is 0.481 e. The van der Waals surface area contributed by atoms with E-state index in [1.165, 1.54) is 0 Å². The lowest BCUT2D eigenvalue weighted by Crippen LogP contribution is -2.38. The van der Waals surface area contributed by atoms with Crippen molar-refractivity contribution in [3.8, 4) is 0 Å². The molecular weight excluding hydrogens is 281 g/mol. The van der Waals surface area contributed by atoms with Crippen molar-refractivity contribution in [3.63, 3.8) is 0 Å². The van der Waals surface area contributed by atoms with Gasteiger partial charge in [0.2, 0.25) is 5.91 Å². The predicted octanol–water partition coefficient (Wildman–Crippen LogP) is -0.284. The smallest absolute Gasteiger partial charge is 0.303 e. The van der Waals surface area contributed by atoms with Gasteiger partial charge in [0.1, 0.15) is 0 Å². The first-order valence-electron chi connectivity index (χ1n) is 5.61. The average molecular weight is 302 g/mol. The number of nitrogens with one attached hydrogen (secondary N) is 2. The normalized spacial score (nSPS) is 16.3. The molecule has 3 N–H and O–H groups in total. The Balaban J connectivity index is 0. The third-order valence-electron chi connectivity index (χ3n) is 2.50. The van der Waals surface area contributed by atoms with Crippen LogP contribution in [-0.2, 0) is 9.59 Å². The first kappa shape index (κ1) is 19.8. The zero-order valence-electron chi connectivity index (χ0n) is 10.2. The fourth-order valence-electron chi connectivity index (χ4n) is 1.59. The molecule has 0 aromatic carbocycles. The van der Waals surface area contributed by atoms with Crippen LogP contribution in [-0.4, -0.2) is 61.2 Å². The number of rotatable bonds is 3. The lowest BCUT2D eigenvalue weighted by Gasteiger charge is -2.21. The molecule has 108 valence electrons. The van der Waals surface area contributed by atoms with Gasteiger partial charge in [-0.25, -0.2) is 0 Å². The van der Waals surface area contributed by atoms with Gasteiger partial charge < -0.3 is 20.6 Å². The van der Waals surface area contributed by atoms with Crippen molar-refractivity contribution in [2.45, 2.75) is 12.8 Å². The van der Waals surface area contributed by atoms with Gasteiger partial charge in [-0.15, -0.1) is 24.8 Å². The van der Waals surface area contributed by atoms with E-state index in [4.69, 9.17) is 5.11 Å². The number of hydrogen-bond donors (Lipinski definition) is 3. The van der Waals surface area contributed by atoms with Crippen molar-refractivity contribution in [2.75, 3.05) is 39.3 Å². The fourth-order valence-corrected chi connectivity index (χ4v) is 1.59. The van der Waals surface area contributed by atoms with Crippen LogP contribution < -0.4 is 10.6 Å². The summed E-state index contributed by atoms with van der Waals surface area (Å²) in [6, 6.07) is 0. The van der Waals surface area contributed by atoms with E-state index < -0.39 is 5.97 Å². The highest BCUT2D eigenvalue weighted by Gasteiger charge is 2.14. The molecule has 1 rings (SSSR count). The number of carboxylic acid groups (broad SMARTS) is 1. The molecule has 0 aliphatic carbocycles. The molecule has 1 saturated heterocycles. The van der Waals surface area contributed by atoms with Crippen molar-refractivity contribution < 1.29 is 14.7 Å². The summed E-state index contributed by atoms with van der Waals surface area (Å²) >= 11 is 0. The second-order valence-electron chi connectivity index (χ2n) is 3.77. The van der Waals surface area contributed by atoms with Gasteiger partial charge in [-0.3, -0.25) is 9.59 Å². The van der Waals surface area contributed by atoms with Crippen molar-refractivity contribution in [1.29, 1.82) is 0 Å². The van der Waals surface area contributed by atoms with E-state index in [0.717, 1.165) is 26.2 Å². The van der Waals surface area contributed by atoms with E-state index in [9.17, 15) is 9.59 Å². The summed E-state index contributed by atoms with van der Waals surface area (Å²) in [7, 11) is 0. The lowest BCUT2D eigenvalue weighted by atomic mass is 10.2. The number of carboxylic acids is 1. The van der Waals surface area contributed by atoms with Crippen LogP contribution in [0.3, 0.4) is 0 Å². The second kappa shape index (κ2) is 11.5. The number of aliphatic carboxylic acids is 1. The van der Waals surface area contributed by atoms with Gasteiger partial charge in [-0.1, -0.05) is 0 Å². The maximum Gasteiger partial charge on any atom is 0.303 e. The highest BCUT2D eigenvalue weighted by atomic mass is 35.5. The molecule has 1 aliphatic rings. The van der Waals surface area contributed by atoms with Crippen LogP contribution >= 0.6 is 24.8 Å². The molecule has 18 heavy (non-hydrogen) atoms. The third-order valence-corrected chi connectivity index (χ3v) is 2.50. The molecular formula is C10H21Cl2N3O3. The van der Waals surface area contributed by atoms with Crippen molar-refractivity contribution >= 4 is 36.7 Å². The molecule has 1 heterocycles. The van der Waals surface area contributed by atoms with E-state index in [-0.39, 0.29) is 43.6 Å². The fraction of sp³-hybridized carbons (Fsp3) is 0.800. The van der Waals surface area contributed by atoms with E-state index in [1.54, 1.807) is 4.90 Å². The highest BCUT2D eigenvalue weighted by molar-refractivity contribution is 5.85. The summed E-state index contributed by atoms with van der Waals surface area (Å²) in [5, 5.41) is 14.9. The first-order chi connectivity index (χ1) is 7.70. The van der Waals surface area contributed by atoms with Crippen LogP contribution in [0.2, 0.25) is 0 Å². The molecule has 0 spiro atoms. The zero-order valence-corrected chi connectivity index (χ0v) is 11.8. The van der Waals surface area contributed by atoms with E-state index >= 15 is 0 Å². The molecule has 1 aliphatic heterocycles. The summed E-state index contributed by atoms with van der Waals surface area (Å²) in [5.41, 5.74) is 0. The lowest BCUT2D eigenvalue weighted by molar-refractivity contribution is -0.140. The van der Waals surface area contributed by atoms with Crippen LogP contribution in [0.5, 0.6) is 0 Å². The topological polar surface area (TPSA) is 81.7 Å². The number of nitrogens with zero attached hydrogens (tertiary/aromatic N) is 1. The summed E-state index contributed by atoms with van der Waals surface area (Å²) in [5.74, 6) is -0.998. The third kappa shape index (κ3) is 8.52. The van der Waals surface area contributed by atoms with Gasteiger partial charge in [-0.2, -0.15) is 0 Å². The minimum atomic E-state index is -0.922. The Morgan fingerprint density at radius 1 is 0.944 bits per heavy atom. The highest BCUT2D eigenvalue weighted by Crippen LogP contribution is 1.98. The molecule has 0 aromatic heterocycles. The van der Waals surface area contributed by atoms with Gasteiger partial charge >= 0.3 is 5.97 Å².